The second kappa shape index (κ2) is 8.74. The van der Waals surface area contributed by atoms with Crippen LogP contribution in [0.2, 0.25) is 0 Å². The molecule has 0 saturated carbocycles. The molecule has 33 heavy (non-hydrogen) atoms. The van der Waals surface area contributed by atoms with Crippen LogP contribution in [0.3, 0.4) is 0 Å². The number of rotatable bonds is 4. The van der Waals surface area contributed by atoms with Gasteiger partial charge < -0.3 is 19.2 Å². The van der Waals surface area contributed by atoms with Gasteiger partial charge in [0.25, 0.3) is 5.76 Å². The van der Waals surface area contributed by atoms with Crippen molar-refractivity contribution >= 4 is 11.0 Å². The molecular weight excluding hydrogens is 435 g/mol. The lowest BCUT2D eigenvalue weighted by atomic mass is 9.99. The van der Waals surface area contributed by atoms with E-state index in [1.165, 1.54) is 12.1 Å². The van der Waals surface area contributed by atoms with Crippen LogP contribution in [0.5, 0.6) is 17.2 Å². The predicted octanol–water partition coefficient (Wildman–Crippen LogP) is 4.74. The minimum absolute atomic E-state index is 0.0550. The zero-order valence-corrected chi connectivity index (χ0v) is 18.8. The number of phenols is 1. The first-order valence-electron chi connectivity index (χ1n) is 11.0. The molecule has 0 aliphatic carbocycles. The Morgan fingerprint density at radius 1 is 1.21 bits per heavy atom. The molecule has 176 valence electrons. The second-order valence-electron chi connectivity index (χ2n) is 9.03. The molecule has 0 spiro atoms. The van der Waals surface area contributed by atoms with Crippen LogP contribution in [0.25, 0.3) is 11.0 Å². The van der Waals surface area contributed by atoms with Gasteiger partial charge in [-0.1, -0.05) is 19.1 Å². The Bertz CT molecular complexity index is 1250. The van der Waals surface area contributed by atoms with Crippen molar-refractivity contribution in [2.75, 3.05) is 13.1 Å². The highest BCUT2D eigenvalue weighted by molar-refractivity contribution is 5.83. The monoisotopic (exact) mass is 462 g/mol. The van der Waals surface area contributed by atoms with Gasteiger partial charge in [0.05, 0.1) is 24.0 Å². The number of aromatic hydroxyl groups is 1. The highest BCUT2D eigenvalue weighted by Crippen LogP contribution is 2.40. The summed E-state index contributed by atoms with van der Waals surface area (Å²) in [6, 6.07) is 7.69. The van der Waals surface area contributed by atoms with Gasteiger partial charge in [-0.05, 0) is 56.0 Å². The molecule has 8 heteroatoms. The fraction of sp³-hybridized carbons (Fsp3) is 0.400. The molecule has 0 radical (unpaired) electrons. The van der Waals surface area contributed by atoms with Crippen molar-refractivity contribution in [3.8, 4) is 17.2 Å². The van der Waals surface area contributed by atoms with E-state index in [2.05, 4.69) is 6.92 Å². The smallest absolute Gasteiger partial charge is 0.453 e. The van der Waals surface area contributed by atoms with E-state index in [0.717, 1.165) is 36.4 Å². The van der Waals surface area contributed by atoms with Gasteiger partial charge in [0.1, 0.15) is 18.0 Å². The van der Waals surface area contributed by atoms with Crippen molar-refractivity contribution in [3.05, 3.63) is 63.0 Å². The number of aryl methyl sites for hydroxylation is 2. The van der Waals surface area contributed by atoms with Crippen molar-refractivity contribution < 1.29 is 32.3 Å². The third-order valence-corrected chi connectivity index (χ3v) is 6.20. The maximum Gasteiger partial charge on any atom is 0.453 e. The van der Waals surface area contributed by atoms with Gasteiger partial charge in [0.2, 0.25) is 11.2 Å². The molecule has 4 rings (SSSR count). The highest BCUT2D eigenvalue weighted by Gasteiger charge is 2.41. The summed E-state index contributed by atoms with van der Waals surface area (Å²) in [6.45, 7) is 7.53. The number of quaternary nitrogens is 1. The summed E-state index contributed by atoms with van der Waals surface area (Å²) in [5.41, 5.74) is 0.402. The fourth-order valence-electron chi connectivity index (χ4n) is 4.47. The molecule has 0 amide bonds. The first-order valence-corrected chi connectivity index (χ1v) is 11.0. The predicted molar refractivity (Wildman–Crippen MR) is 118 cm³/mol. The van der Waals surface area contributed by atoms with E-state index in [0.29, 0.717) is 11.5 Å². The van der Waals surface area contributed by atoms with E-state index in [-0.39, 0.29) is 34.6 Å². The van der Waals surface area contributed by atoms with Crippen LogP contribution in [0.15, 0.2) is 39.5 Å². The molecule has 1 saturated heterocycles. The standard InChI is InChI=1S/C25H26F3NO4/c1-14-6-7-16(3)20(11-14)32-23-21(31)17-8-9-19(30)18(13-29-10-4-5-15(2)12-29)22(17)33-24(23)25(26,27)28/h6-9,11,15,30H,4-5,10,12-13H2,1-3H3/p+1/t15-/m1/s1. The van der Waals surface area contributed by atoms with Crippen molar-refractivity contribution in [1.29, 1.82) is 0 Å². The van der Waals surface area contributed by atoms with Gasteiger partial charge in [-0.3, -0.25) is 4.79 Å². The average Bonchev–Trinajstić information content (AvgIpc) is 2.73. The SMILES string of the molecule is Cc1ccc(C)c(Oc2c(C(F)(F)F)oc3c(C[NH+]4CCC[C@@H](C)C4)c(O)ccc3c2=O)c1. The van der Waals surface area contributed by atoms with Crippen LogP contribution in [0, 0.1) is 19.8 Å². The van der Waals surface area contributed by atoms with E-state index >= 15 is 0 Å². The largest absolute Gasteiger partial charge is 0.507 e. The molecule has 1 aliphatic heterocycles. The molecular formula is C25H27F3NO4+. The average molecular weight is 462 g/mol. The van der Waals surface area contributed by atoms with Gasteiger partial charge >= 0.3 is 6.18 Å². The number of hydrogen-bond donors (Lipinski definition) is 2. The minimum Gasteiger partial charge on any atom is -0.507 e. The molecule has 5 nitrogen and oxygen atoms in total. The van der Waals surface area contributed by atoms with Crippen molar-refractivity contribution in [1.82, 2.24) is 0 Å². The number of piperidine rings is 1. The third kappa shape index (κ3) is 4.71. The van der Waals surface area contributed by atoms with Gasteiger partial charge in [0.15, 0.2) is 5.58 Å². The number of ether oxygens (including phenoxy) is 1. The topological polar surface area (TPSA) is 64.1 Å². The number of hydrogen-bond acceptors (Lipinski definition) is 4. The molecule has 0 bridgehead atoms. The molecule has 3 aromatic rings. The van der Waals surface area contributed by atoms with E-state index in [4.69, 9.17) is 9.15 Å². The van der Waals surface area contributed by atoms with Crippen LogP contribution < -0.4 is 15.1 Å². The normalized spacial score (nSPS) is 19.1. The molecule has 1 aromatic heterocycles. The van der Waals surface area contributed by atoms with E-state index in [9.17, 15) is 23.1 Å². The van der Waals surface area contributed by atoms with Crippen LogP contribution in [-0.2, 0) is 12.7 Å². The van der Waals surface area contributed by atoms with Crippen molar-refractivity contribution in [2.45, 2.75) is 46.3 Å². The third-order valence-electron chi connectivity index (χ3n) is 6.20. The Hall–Kier alpha value is -3.00. The van der Waals surface area contributed by atoms with Crippen LogP contribution in [0.1, 0.15) is 42.2 Å². The Morgan fingerprint density at radius 3 is 2.67 bits per heavy atom. The lowest BCUT2D eigenvalue weighted by molar-refractivity contribution is -0.922. The lowest BCUT2D eigenvalue weighted by Crippen LogP contribution is -3.12. The number of phenolic OH excluding ortho intramolecular Hbond substituents is 1. The zero-order valence-electron chi connectivity index (χ0n) is 18.8. The van der Waals surface area contributed by atoms with Crippen LogP contribution in [0.4, 0.5) is 13.2 Å². The van der Waals surface area contributed by atoms with Crippen LogP contribution in [-0.4, -0.2) is 18.2 Å². The minimum atomic E-state index is -4.96. The summed E-state index contributed by atoms with van der Waals surface area (Å²) in [5, 5.41) is 10.4. The molecule has 1 aliphatic rings. The quantitative estimate of drug-likeness (QED) is 0.588. The first-order chi connectivity index (χ1) is 15.5. The Labute approximate surface area is 189 Å². The summed E-state index contributed by atoms with van der Waals surface area (Å²) < 4.78 is 52.9. The molecule has 2 aromatic carbocycles. The number of nitrogens with one attached hydrogen (secondary N) is 1. The summed E-state index contributed by atoms with van der Waals surface area (Å²) in [6.07, 6.45) is -2.87. The Kier molecular flexibility index (Phi) is 6.14. The maximum atomic E-state index is 14.0. The molecule has 2 heterocycles. The summed E-state index contributed by atoms with van der Waals surface area (Å²) in [5.74, 6) is -1.97. The van der Waals surface area contributed by atoms with E-state index in [1.54, 1.807) is 32.0 Å². The Balaban J connectivity index is 1.88. The molecule has 1 fully saturated rings. The van der Waals surface area contributed by atoms with Crippen molar-refractivity contribution in [2.24, 2.45) is 5.92 Å². The highest BCUT2D eigenvalue weighted by atomic mass is 19.4. The lowest BCUT2D eigenvalue weighted by Gasteiger charge is -2.28. The maximum absolute atomic E-state index is 14.0. The number of halogens is 3. The summed E-state index contributed by atoms with van der Waals surface area (Å²) in [4.78, 5) is 14.4. The van der Waals surface area contributed by atoms with E-state index < -0.39 is 23.1 Å². The number of likely N-dealkylation sites (tertiary alicyclic amines) is 1. The fourth-order valence-corrected chi connectivity index (χ4v) is 4.47. The number of benzene rings is 2. The van der Waals surface area contributed by atoms with Gasteiger partial charge in [0, 0.05) is 5.92 Å². The van der Waals surface area contributed by atoms with Crippen LogP contribution >= 0.6 is 0 Å². The summed E-state index contributed by atoms with van der Waals surface area (Å²) in [7, 11) is 0. The van der Waals surface area contributed by atoms with Gasteiger partial charge in [-0.15, -0.1) is 0 Å². The first kappa shape index (κ1) is 23.2. The second-order valence-corrected chi connectivity index (χ2v) is 9.03. The van der Waals surface area contributed by atoms with Gasteiger partial charge in [-0.2, -0.15) is 13.2 Å². The molecule has 1 unspecified atom stereocenters. The van der Waals surface area contributed by atoms with Gasteiger partial charge in [-0.25, -0.2) is 0 Å². The number of fused-ring (bicyclic) bond motifs is 1. The number of alkyl halides is 3. The van der Waals surface area contributed by atoms with E-state index in [1.807, 2.05) is 0 Å². The summed E-state index contributed by atoms with van der Waals surface area (Å²) >= 11 is 0. The Morgan fingerprint density at radius 2 is 1.97 bits per heavy atom. The molecule has 2 atom stereocenters. The van der Waals surface area contributed by atoms with Crippen molar-refractivity contribution in [3.63, 3.8) is 0 Å². The molecule has 2 N–H and O–H groups in total. The zero-order chi connectivity index (χ0) is 23.9.